The lowest BCUT2D eigenvalue weighted by molar-refractivity contribution is -0.151. The SMILES string of the molecule is CC[C@H]1C(=O)N[C@@H]([C@@H](C)O)C(=O)N(C)CC(=O)N(C)[C@@H](Cc2ccccc2)C(=O)N(C)[C@@H](CC)C(=O)N[C@@H](COC(C)(C)C)C(=O)N(C)[C@@H](CC(C)C)C(=O)N[C@H](C(=O)N2CCCCC2)CC(=O)N(CCOc2ccccc2)CC(=O)N(C)[C@@H](CC(C)C)C(=O)N[C@@H](CC(C)C)C(=O)N1C. The van der Waals surface area contributed by atoms with Crippen LogP contribution in [0.1, 0.15) is 146 Å². The molecule has 0 radical (unpaired) electrons. The van der Waals surface area contributed by atoms with E-state index in [0.717, 1.165) is 21.1 Å². The maximum absolute atomic E-state index is 15.2. The molecule has 0 unspecified atom stereocenters. The maximum Gasteiger partial charge on any atom is 0.248 e. The molecule has 2 heterocycles. The third-order valence-electron chi connectivity index (χ3n) is 18.2. The molecule has 5 N–H and O–H groups in total. The minimum absolute atomic E-state index is 0.000753. The number of likely N-dealkylation sites (tertiary alicyclic amines) is 1. The highest BCUT2D eigenvalue weighted by Gasteiger charge is 2.43. The number of aliphatic hydroxyl groups excluding tert-OH is 1. The predicted octanol–water partition coefficient (Wildman–Crippen LogP) is 3.24. The van der Waals surface area contributed by atoms with E-state index >= 15 is 19.2 Å². The summed E-state index contributed by atoms with van der Waals surface area (Å²) in [4.78, 5) is 188. The maximum atomic E-state index is 15.2. The number of piperidine rings is 1. The van der Waals surface area contributed by atoms with E-state index in [1.807, 2.05) is 41.5 Å². The number of benzene rings is 2. The lowest BCUT2D eigenvalue weighted by Gasteiger charge is -2.37. The minimum atomic E-state index is -1.66. The van der Waals surface area contributed by atoms with Crippen LogP contribution >= 0.6 is 0 Å². The smallest absolute Gasteiger partial charge is 0.248 e. The molecule has 558 valence electrons. The van der Waals surface area contributed by atoms with Crippen molar-refractivity contribution in [3.8, 4) is 5.75 Å². The molecular weight excluding hydrogens is 1280 g/mol. The Morgan fingerprint density at radius 1 is 0.530 bits per heavy atom. The number of amides is 12. The van der Waals surface area contributed by atoms with Crippen LogP contribution < -0.4 is 26.0 Å². The Morgan fingerprint density at radius 3 is 1.52 bits per heavy atom. The molecule has 27 heteroatoms. The molecule has 4 rings (SSSR count). The average molecular weight is 1400 g/mol. The number of ether oxygens (including phenoxy) is 2. The number of rotatable bonds is 18. The molecule has 2 aromatic rings. The molecule has 2 aliphatic rings. The molecule has 0 aromatic heterocycles. The Balaban J connectivity index is 1.96. The molecule has 100 heavy (non-hydrogen) atoms. The van der Waals surface area contributed by atoms with E-state index in [4.69, 9.17) is 9.47 Å². The van der Waals surface area contributed by atoms with Crippen LogP contribution in [-0.4, -0.2) is 269 Å². The average Bonchev–Trinajstić information content (AvgIpc) is 0.786. The van der Waals surface area contributed by atoms with E-state index in [9.17, 15) is 43.5 Å². The van der Waals surface area contributed by atoms with Gasteiger partial charge in [0.25, 0.3) is 0 Å². The van der Waals surface area contributed by atoms with Crippen molar-refractivity contribution in [3.63, 3.8) is 0 Å². The van der Waals surface area contributed by atoms with Gasteiger partial charge in [-0.05, 0) is 115 Å². The molecule has 10 atom stereocenters. The highest BCUT2D eigenvalue weighted by molar-refractivity contribution is 6.00. The van der Waals surface area contributed by atoms with Gasteiger partial charge in [0.15, 0.2) is 0 Å². The van der Waals surface area contributed by atoms with Crippen molar-refractivity contribution in [2.75, 3.05) is 88.2 Å². The second-order valence-corrected chi connectivity index (χ2v) is 28.9. The molecule has 12 amide bonds. The largest absolute Gasteiger partial charge is 0.492 e. The van der Waals surface area contributed by atoms with Crippen LogP contribution in [0, 0.1) is 17.8 Å². The van der Waals surface area contributed by atoms with E-state index in [1.54, 1.807) is 100 Å². The van der Waals surface area contributed by atoms with Crippen molar-refractivity contribution < 1.29 is 72.1 Å². The van der Waals surface area contributed by atoms with Crippen LogP contribution in [0.5, 0.6) is 5.75 Å². The standard InChI is InChI=1S/C73H116N12O15/c1-19-55-64(90)76-54(45-100-73(10,11)12)69(95)83(18)58(40-48(7)8)67(93)75-53(70(96)84-34-28-23-29-35-84)42-60(87)85(36-37-99-51-32-26-22-27-33-51)44-62(89)79(14)57(39-47(5)6)66(92)74-52(38-46(3)4)68(94)81(16)56(20-2)65(91)77-63(49(9)86)72(98)78(13)43-61(88)80(15)59(71(97)82(55)17)41-50-30-24-21-25-31-50/h21-22,24-27,30-33,46-49,52-59,63,86H,19-20,23,28-29,34-45H2,1-18H3,(H,74,92)(H,75,93)(H,76,90)(H,77,91)/t49-,52+,53+,54+,55+,56+,57+,58+,59+,63+/m1/s1. The lowest BCUT2D eigenvalue weighted by Crippen LogP contribution is -2.61. The zero-order valence-electron chi connectivity index (χ0n) is 62.5. The second-order valence-electron chi connectivity index (χ2n) is 28.9. The molecule has 0 spiro atoms. The van der Waals surface area contributed by atoms with Crippen molar-refractivity contribution in [1.29, 1.82) is 0 Å². The van der Waals surface area contributed by atoms with Crippen molar-refractivity contribution >= 4 is 70.9 Å². The highest BCUT2D eigenvalue weighted by Crippen LogP contribution is 2.22. The van der Waals surface area contributed by atoms with E-state index < -0.39 is 163 Å². The Morgan fingerprint density at radius 2 is 0.990 bits per heavy atom. The van der Waals surface area contributed by atoms with Crippen LogP contribution in [0.2, 0.25) is 0 Å². The zero-order valence-corrected chi connectivity index (χ0v) is 62.5. The predicted molar refractivity (Wildman–Crippen MR) is 378 cm³/mol. The third-order valence-corrected chi connectivity index (χ3v) is 18.2. The van der Waals surface area contributed by atoms with Gasteiger partial charge in [0.05, 0.1) is 44.4 Å². The molecule has 0 saturated carbocycles. The second kappa shape index (κ2) is 39.7. The van der Waals surface area contributed by atoms with Crippen LogP contribution in [0.4, 0.5) is 0 Å². The number of hydrogen-bond donors (Lipinski definition) is 5. The molecule has 2 fully saturated rings. The van der Waals surface area contributed by atoms with Crippen LogP contribution in [0.3, 0.4) is 0 Å². The van der Waals surface area contributed by atoms with Crippen molar-refractivity contribution in [2.24, 2.45) is 17.8 Å². The quantitative estimate of drug-likeness (QED) is 0.143. The molecule has 0 aliphatic carbocycles. The van der Waals surface area contributed by atoms with E-state index in [-0.39, 0.29) is 69.4 Å². The van der Waals surface area contributed by atoms with Crippen molar-refractivity contribution in [2.45, 2.75) is 213 Å². The Bertz CT molecular complexity index is 3070. The summed E-state index contributed by atoms with van der Waals surface area (Å²) >= 11 is 0. The number of hydrogen-bond acceptors (Lipinski definition) is 15. The molecule has 2 aliphatic heterocycles. The fraction of sp³-hybridized carbons (Fsp3) is 0.671. The first-order valence-electron chi connectivity index (χ1n) is 35.3. The molecular formula is C73H116N12O15. The highest BCUT2D eigenvalue weighted by atomic mass is 16.5. The number of carbonyl (C=O) groups is 12. The number of carbonyl (C=O) groups excluding carboxylic acids is 12. The zero-order chi connectivity index (χ0) is 75.0. The number of nitrogens with one attached hydrogen (secondary N) is 4. The van der Waals surface area contributed by atoms with Crippen LogP contribution in [-0.2, 0) is 68.7 Å². The van der Waals surface area contributed by atoms with Gasteiger partial charge in [-0.15, -0.1) is 0 Å². The van der Waals surface area contributed by atoms with Crippen LogP contribution in [0.15, 0.2) is 60.7 Å². The van der Waals surface area contributed by atoms with Gasteiger partial charge < -0.3 is 75.0 Å². The fourth-order valence-electron chi connectivity index (χ4n) is 12.3. The number of para-hydroxylation sites is 1. The lowest BCUT2D eigenvalue weighted by atomic mass is 9.98. The summed E-state index contributed by atoms with van der Waals surface area (Å²) in [5.41, 5.74) is -0.221. The van der Waals surface area contributed by atoms with Gasteiger partial charge in [0.2, 0.25) is 70.9 Å². The Hall–Kier alpha value is -8.20. The first kappa shape index (κ1) is 84.2. The first-order chi connectivity index (χ1) is 46.9. The van der Waals surface area contributed by atoms with Crippen molar-refractivity contribution in [1.82, 2.24) is 60.5 Å². The number of likely N-dealkylation sites (N-methyl/N-ethyl adjacent to an activating group) is 6. The van der Waals surface area contributed by atoms with E-state index in [0.29, 0.717) is 37.2 Å². The monoisotopic (exact) mass is 1400 g/mol. The van der Waals surface area contributed by atoms with Crippen LogP contribution in [0.25, 0.3) is 0 Å². The van der Waals surface area contributed by atoms with Gasteiger partial charge in [-0.2, -0.15) is 0 Å². The van der Waals surface area contributed by atoms with Crippen molar-refractivity contribution in [3.05, 3.63) is 66.2 Å². The van der Waals surface area contributed by atoms with E-state index in [2.05, 4.69) is 21.3 Å². The molecule has 2 aromatic carbocycles. The summed E-state index contributed by atoms with van der Waals surface area (Å²) in [5, 5.41) is 22.3. The van der Waals surface area contributed by atoms with E-state index in [1.165, 1.54) is 68.8 Å². The normalized spacial score (nSPS) is 24.4. The summed E-state index contributed by atoms with van der Waals surface area (Å²) in [7, 11) is 8.22. The van der Waals surface area contributed by atoms with Gasteiger partial charge in [0.1, 0.15) is 66.7 Å². The van der Waals surface area contributed by atoms with Gasteiger partial charge >= 0.3 is 0 Å². The number of nitrogens with zero attached hydrogens (tertiary/aromatic N) is 8. The summed E-state index contributed by atoms with van der Waals surface area (Å²) < 4.78 is 12.2. The summed E-state index contributed by atoms with van der Waals surface area (Å²) in [6.45, 7) is 19.5. The first-order valence-corrected chi connectivity index (χ1v) is 35.3. The topological polar surface area (TPSA) is 318 Å². The van der Waals surface area contributed by atoms with Gasteiger partial charge in [-0.3, -0.25) is 57.5 Å². The molecule has 2 saturated heterocycles. The number of aliphatic hydroxyl groups is 1. The summed E-state index contributed by atoms with van der Waals surface area (Å²) in [5.74, 6) is -9.09. The molecule has 0 bridgehead atoms. The summed E-state index contributed by atoms with van der Waals surface area (Å²) in [6.07, 6.45) is 0.134. The van der Waals surface area contributed by atoms with Gasteiger partial charge in [-0.1, -0.05) is 104 Å². The molecule has 27 nitrogen and oxygen atoms in total. The van der Waals surface area contributed by atoms with Gasteiger partial charge in [-0.25, -0.2) is 0 Å². The summed E-state index contributed by atoms with van der Waals surface area (Å²) in [6, 6.07) is 5.23. The Labute approximate surface area is 592 Å². The Kier molecular flexibility index (Phi) is 33.4. The third kappa shape index (κ3) is 25.1. The minimum Gasteiger partial charge on any atom is -0.492 e. The fourth-order valence-corrected chi connectivity index (χ4v) is 12.3. The van der Waals surface area contributed by atoms with Gasteiger partial charge in [0, 0.05) is 61.8 Å².